The summed E-state index contributed by atoms with van der Waals surface area (Å²) in [5.41, 5.74) is 0.525. The Hall–Kier alpha value is -2.21. The lowest BCUT2D eigenvalue weighted by atomic mass is 10.3. The summed E-state index contributed by atoms with van der Waals surface area (Å²) < 4.78 is 25.2. The van der Waals surface area contributed by atoms with Crippen molar-refractivity contribution in [3.63, 3.8) is 0 Å². The van der Waals surface area contributed by atoms with Gasteiger partial charge in [0.25, 0.3) is 0 Å². The topological polar surface area (TPSA) is 108 Å². The van der Waals surface area contributed by atoms with Crippen LogP contribution >= 0.6 is 23.1 Å². The first-order valence-electron chi connectivity index (χ1n) is 8.23. The molecule has 0 aliphatic heterocycles. The summed E-state index contributed by atoms with van der Waals surface area (Å²) in [6.45, 7) is 0. The van der Waals surface area contributed by atoms with E-state index in [1.807, 2.05) is 17.5 Å². The van der Waals surface area contributed by atoms with Gasteiger partial charge < -0.3 is 5.32 Å². The number of aromatic amines is 1. The number of hydrogen-bond acceptors (Lipinski definition) is 7. The molecule has 2 heterocycles. The summed E-state index contributed by atoms with van der Waals surface area (Å²) in [6, 6.07) is 10.1. The molecule has 2 N–H and O–H groups in total. The highest BCUT2D eigenvalue weighted by molar-refractivity contribution is 7.99. The van der Waals surface area contributed by atoms with Crippen LogP contribution < -0.4 is 5.32 Å². The molecule has 3 aromatic rings. The van der Waals surface area contributed by atoms with Crippen molar-refractivity contribution in [2.24, 2.45) is 0 Å². The van der Waals surface area contributed by atoms with Crippen molar-refractivity contribution in [3.8, 4) is 0 Å². The van der Waals surface area contributed by atoms with Crippen LogP contribution in [0.25, 0.3) is 0 Å². The van der Waals surface area contributed by atoms with Gasteiger partial charge in [-0.3, -0.25) is 9.89 Å². The predicted molar refractivity (Wildman–Crippen MR) is 110 cm³/mol. The van der Waals surface area contributed by atoms with Crippen LogP contribution in [0.3, 0.4) is 0 Å². The fourth-order valence-corrected chi connectivity index (χ4v) is 4.48. The van der Waals surface area contributed by atoms with Crippen LogP contribution in [0.15, 0.2) is 51.8 Å². The SMILES string of the molecule is CN(C)S(=O)(=O)c1ccc(NC(=O)CSc2n[nH]c(Cc3cccs3)n2)cc1. The zero-order valence-corrected chi connectivity index (χ0v) is 17.7. The zero-order chi connectivity index (χ0) is 20.1. The Morgan fingerprint density at radius 1 is 1.25 bits per heavy atom. The third-order valence-electron chi connectivity index (χ3n) is 3.68. The molecular weight excluding hydrogens is 418 g/mol. The van der Waals surface area contributed by atoms with E-state index in [9.17, 15) is 13.2 Å². The fraction of sp³-hybridized carbons (Fsp3) is 0.235. The van der Waals surface area contributed by atoms with Crippen molar-refractivity contribution in [3.05, 3.63) is 52.5 Å². The van der Waals surface area contributed by atoms with Crippen molar-refractivity contribution in [1.82, 2.24) is 19.5 Å². The minimum Gasteiger partial charge on any atom is -0.325 e. The summed E-state index contributed by atoms with van der Waals surface area (Å²) in [6.07, 6.45) is 0.680. The number of rotatable bonds is 8. The molecule has 0 aliphatic carbocycles. The standard InChI is InChI=1S/C17H19N5O3S3/c1-22(2)28(24,25)14-7-5-12(6-8-14)18-16(23)11-27-17-19-15(20-21-17)10-13-4-3-9-26-13/h3-9H,10-11H2,1-2H3,(H,18,23)(H,19,20,21). The monoisotopic (exact) mass is 437 g/mol. The van der Waals surface area contributed by atoms with E-state index < -0.39 is 10.0 Å². The first kappa shape index (κ1) is 20.5. The number of thioether (sulfide) groups is 1. The van der Waals surface area contributed by atoms with Crippen molar-refractivity contribution in [1.29, 1.82) is 0 Å². The Balaban J connectivity index is 1.51. The number of amides is 1. The molecule has 0 spiro atoms. The zero-order valence-electron chi connectivity index (χ0n) is 15.2. The second-order valence-corrected chi connectivity index (χ2v) is 10.1. The van der Waals surface area contributed by atoms with Gasteiger partial charge in [0.15, 0.2) is 0 Å². The largest absolute Gasteiger partial charge is 0.325 e. The lowest BCUT2D eigenvalue weighted by Crippen LogP contribution is -2.22. The Kier molecular flexibility index (Phi) is 6.50. The van der Waals surface area contributed by atoms with E-state index in [0.29, 0.717) is 17.3 Å². The van der Waals surface area contributed by atoms with Crippen molar-refractivity contribution >= 4 is 44.7 Å². The number of benzene rings is 1. The predicted octanol–water partition coefficient (Wildman–Crippen LogP) is 2.44. The van der Waals surface area contributed by atoms with Gasteiger partial charge in [0, 0.05) is 31.1 Å². The molecule has 0 unspecified atom stereocenters. The molecule has 8 nitrogen and oxygen atoms in total. The summed E-state index contributed by atoms with van der Waals surface area (Å²) in [7, 11) is -0.549. The van der Waals surface area contributed by atoms with Gasteiger partial charge in [-0.25, -0.2) is 17.7 Å². The molecule has 1 aromatic carbocycles. The van der Waals surface area contributed by atoms with Crippen LogP contribution in [-0.2, 0) is 21.2 Å². The molecule has 0 saturated carbocycles. The third kappa shape index (κ3) is 5.19. The summed E-state index contributed by atoms with van der Waals surface area (Å²) >= 11 is 2.88. The summed E-state index contributed by atoms with van der Waals surface area (Å²) in [4.78, 5) is 17.8. The van der Waals surface area contributed by atoms with Gasteiger partial charge in [0.05, 0.1) is 10.6 Å². The molecule has 0 saturated heterocycles. The average molecular weight is 438 g/mol. The molecule has 28 heavy (non-hydrogen) atoms. The number of carbonyl (C=O) groups is 1. The van der Waals surface area contributed by atoms with E-state index >= 15 is 0 Å². The molecule has 3 rings (SSSR count). The number of nitrogens with zero attached hydrogens (tertiary/aromatic N) is 3. The molecule has 0 atom stereocenters. The minimum absolute atomic E-state index is 0.147. The van der Waals surface area contributed by atoms with E-state index in [-0.39, 0.29) is 16.6 Å². The minimum atomic E-state index is -3.49. The normalized spacial score (nSPS) is 11.7. The van der Waals surface area contributed by atoms with Crippen molar-refractivity contribution in [2.45, 2.75) is 16.5 Å². The quantitative estimate of drug-likeness (QED) is 0.524. The number of sulfonamides is 1. The van der Waals surface area contributed by atoms with Crippen molar-refractivity contribution in [2.75, 3.05) is 25.2 Å². The Labute approximate surface area is 171 Å². The highest BCUT2D eigenvalue weighted by Gasteiger charge is 2.17. The van der Waals surface area contributed by atoms with Crippen LogP contribution in [0.2, 0.25) is 0 Å². The number of carbonyl (C=O) groups excluding carboxylic acids is 1. The van der Waals surface area contributed by atoms with Crippen LogP contribution in [0, 0.1) is 0 Å². The number of nitrogens with one attached hydrogen (secondary N) is 2. The van der Waals surface area contributed by atoms with E-state index in [1.54, 1.807) is 23.5 Å². The van der Waals surface area contributed by atoms with Crippen LogP contribution in [0.4, 0.5) is 5.69 Å². The number of H-pyrrole nitrogens is 1. The van der Waals surface area contributed by atoms with Gasteiger partial charge in [0.2, 0.25) is 21.1 Å². The van der Waals surface area contributed by atoms with E-state index in [4.69, 9.17) is 0 Å². The fourth-order valence-electron chi connectivity index (χ4n) is 2.25. The van der Waals surface area contributed by atoms with Gasteiger partial charge >= 0.3 is 0 Å². The lowest BCUT2D eigenvalue weighted by Gasteiger charge is -2.11. The summed E-state index contributed by atoms with van der Waals surface area (Å²) in [5, 5.41) is 12.2. The van der Waals surface area contributed by atoms with Crippen molar-refractivity contribution < 1.29 is 13.2 Å². The first-order chi connectivity index (χ1) is 13.3. The number of aromatic nitrogens is 3. The number of hydrogen-bond donors (Lipinski definition) is 2. The molecule has 2 aromatic heterocycles. The second kappa shape index (κ2) is 8.86. The van der Waals surface area contributed by atoms with E-state index in [1.165, 1.54) is 42.9 Å². The molecule has 1 amide bonds. The first-order valence-corrected chi connectivity index (χ1v) is 11.5. The highest BCUT2D eigenvalue weighted by atomic mass is 32.2. The van der Waals surface area contributed by atoms with Crippen LogP contribution in [-0.4, -0.2) is 53.7 Å². The molecule has 0 aliphatic rings. The highest BCUT2D eigenvalue weighted by Crippen LogP contribution is 2.19. The molecule has 0 bridgehead atoms. The number of thiophene rings is 1. The molecular formula is C17H19N5O3S3. The smallest absolute Gasteiger partial charge is 0.242 e. The Morgan fingerprint density at radius 2 is 2.00 bits per heavy atom. The maximum absolute atomic E-state index is 12.1. The van der Waals surface area contributed by atoms with E-state index in [0.717, 1.165) is 10.1 Å². The summed E-state index contributed by atoms with van der Waals surface area (Å²) in [5.74, 6) is 0.675. The maximum Gasteiger partial charge on any atom is 0.242 e. The Morgan fingerprint density at radius 3 is 2.64 bits per heavy atom. The van der Waals surface area contributed by atoms with Gasteiger partial charge in [-0.15, -0.1) is 16.4 Å². The molecule has 0 radical (unpaired) electrons. The molecule has 11 heteroatoms. The van der Waals surface area contributed by atoms with Gasteiger partial charge in [-0.2, -0.15) is 0 Å². The molecule has 148 valence electrons. The maximum atomic E-state index is 12.1. The van der Waals surface area contributed by atoms with Gasteiger partial charge in [0.1, 0.15) is 5.82 Å². The number of anilines is 1. The Bertz CT molecular complexity index is 1030. The molecule has 0 fully saturated rings. The van der Waals surface area contributed by atoms with Crippen LogP contribution in [0.5, 0.6) is 0 Å². The van der Waals surface area contributed by atoms with Crippen LogP contribution in [0.1, 0.15) is 10.7 Å². The van der Waals surface area contributed by atoms with Gasteiger partial charge in [-0.1, -0.05) is 17.8 Å². The lowest BCUT2D eigenvalue weighted by molar-refractivity contribution is -0.113. The van der Waals surface area contributed by atoms with Gasteiger partial charge in [-0.05, 0) is 35.7 Å². The second-order valence-electron chi connectivity index (χ2n) is 5.97. The average Bonchev–Trinajstić information content (AvgIpc) is 3.33. The van der Waals surface area contributed by atoms with E-state index in [2.05, 4.69) is 20.5 Å². The third-order valence-corrected chi connectivity index (χ3v) is 7.23.